The van der Waals surface area contributed by atoms with E-state index < -0.39 is 5.91 Å². The van der Waals surface area contributed by atoms with Gasteiger partial charge in [0.2, 0.25) is 17.7 Å². The fourth-order valence-corrected chi connectivity index (χ4v) is 2.19. The van der Waals surface area contributed by atoms with Gasteiger partial charge >= 0.3 is 0 Å². The maximum absolute atomic E-state index is 12.1. The number of nitrogens with zero attached hydrogens (tertiary/aromatic N) is 1. The van der Waals surface area contributed by atoms with E-state index in [0.29, 0.717) is 17.5 Å². The Morgan fingerprint density at radius 1 is 1.45 bits per heavy atom. The molecule has 0 aromatic heterocycles. The molecule has 6 heteroatoms. The molecule has 3 N–H and O–H groups in total. The fraction of sp³-hybridized carbons (Fsp3) is 0.357. The molecule has 1 aliphatic heterocycles. The number of rotatable bonds is 4. The van der Waals surface area contributed by atoms with Gasteiger partial charge in [0.15, 0.2) is 0 Å². The summed E-state index contributed by atoms with van der Waals surface area (Å²) in [6, 6.07) is 6.32. The molecule has 1 unspecified atom stereocenters. The molecule has 106 valence electrons. The predicted molar refractivity (Wildman–Crippen MR) is 72.6 cm³/mol. The lowest BCUT2D eigenvalue weighted by atomic mass is 10.1. The number of carbonyl (C=O) groups excluding carboxylic acids is 3. The molecule has 1 aliphatic rings. The standard InChI is InChI=1S/C14H17N3O3/c1-2-11-14(20)17(12(18)7-16-11)8-9-4-3-5-10(6-9)13(15)19/h3-6,11,16H,2,7-8H2,1H3,(H2,15,19). The van der Waals surface area contributed by atoms with Crippen molar-refractivity contribution < 1.29 is 14.4 Å². The number of imide groups is 1. The lowest BCUT2D eigenvalue weighted by Crippen LogP contribution is -2.57. The van der Waals surface area contributed by atoms with Crippen LogP contribution in [0.3, 0.4) is 0 Å². The minimum atomic E-state index is -0.531. The molecule has 0 bridgehead atoms. The first-order valence-electron chi connectivity index (χ1n) is 6.49. The number of nitrogens with one attached hydrogen (secondary N) is 1. The van der Waals surface area contributed by atoms with Crippen molar-refractivity contribution in [2.24, 2.45) is 5.73 Å². The van der Waals surface area contributed by atoms with Crippen molar-refractivity contribution in [1.29, 1.82) is 0 Å². The maximum Gasteiger partial charge on any atom is 0.248 e. The Hall–Kier alpha value is -2.21. The monoisotopic (exact) mass is 275 g/mol. The third kappa shape index (κ3) is 2.85. The largest absolute Gasteiger partial charge is 0.366 e. The van der Waals surface area contributed by atoms with E-state index >= 15 is 0 Å². The molecular weight excluding hydrogens is 258 g/mol. The molecular formula is C14H17N3O3. The van der Waals surface area contributed by atoms with Crippen LogP contribution in [-0.2, 0) is 16.1 Å². The summed E-state index contributed by atoms with van der Waals surface area (Å²) in [6.45, 7) is 2.20. The number of nitrogens with two attached hydrogens (primary N) is 1. The van der Waals surface area contributed by atoms with Gasteiger partial charge in [-0.3, -0.25) is 24.6 Å². The first-order valence-corrected chi connectivity index (χ1v) is 6.49. The summed E-state index contributed by atoms with van der Waals surface area (Å²) in [5.74, 6) is -1.02. The summed E-state index contributed by atoms with van der Waals surface area (Å²) in [5.41, 5.74) is 6.29. The Labute approximate surface area is 116 Å². The van der Waals surface area contributed by atoms with Crippen LogP contribution in [0.4, 0.5) is 0 Å². The molecule has 3 amide bonds. The van der Waals surface area contributed by atoms with Gasteiger partial charge in [0, 0.05) is 5.56 Å². The molecule has 0 aliphatic carbocycles. The molecule has 1 fully saturated rings. The van der Waals surface area contributed by atoms with Gasteiger partial charge in [0.05, 0.1) is 19.1 Å². The van der Waals surface area contributed by atoms with Crippen LogP contribution in [0.2, 0.25) is 0 Å². The molecule has 2 rings (SSSR count). The van der Waals surface area contributed by atoms with Crippen LogP contribution in [0.25, 0.3) is 0 Å². The summed E-state index contributed by atoms with van der Waals surface area (Å²) in [4.78, 5) is 36.3. The van der Waals surface area contributed by atoms with Gasteiger partial charge in [-0.15, -0.1) is 0 Å². The summed E-state index contributed by atoms with van der Waals surface area (Å²) in [7, 11) is 0. The second-order valence-corrected chi connectivity index (χ2v) is 4.72. The average Bonchev–Trinajstić information content (AvgIpc) is 2.44. The van der Waals surface area contributed by atoms with Gasteiger partial charge in [0.1, 0.15) is 0 Å². The van der Waals surface area contributed by atoms with E-state index in [1.807, 2.05) is 6.92 Å². The second-order valence-electron chi connectivity index (χ2n) is 4.72. The maximum atomic E-state index is 12.1. The summed E-state index contributed by atoms with van der Waals surface area (Å²) >= 11 is 0. The van der Waals surface area contributed by atoms with E-state index in [1.165, 1.54) is 4.90 Å². The molecule has 1 heterocycles. The number of piperazine rings is 1. The number of hydrogen-bond donors (Lipinski definition) is 2. The summed E-state index contributed by atoms with van der Waals surface area (Å²) in [5, 5.41) is 2.90. The smallest absolute Gasteiger partial charge is 0.248 e. The number of hydrogen-bond acceptors (Lipinski definition) is 4. The first kappa shape index (κ1) is 14.2. The summed E-state index contributed by atoms with van der Waals surface area (Å²) < 4.78 is 0. The van der Waals surface area contributed by atoms with Gasteiger partial charge in [-0.2, -0.15) is 0 Å². The van der Waals surface area contributed by atoms with Crippen molar-refractivity contribution >= 4 is 17.7 Å². The van der Waals surface area contributed by atoms with E-state index in [-0.39, 0.29) is 30.9 Å². The van der Waals surface area contributed by atoms with Crippen LogP contribution in [0.5, 0.6) is 0 Å². The quantitative estimate of drug-likeness (QED) is 0.758. The van der Waals surface area contributed by atoms with Gasteiger partial charge in [-0.25, -0.2) is 0 Å². The van der Waals surface area contributed by atoms with Gasteiger partial charge in [0.25, 0.3) is 0 Å². The Kier molecular flexibility index (Phi) is 4.14. The molecule has 6 nitrogen and oxygen atoms in total. The SMILES string of the molecule is CCC1NCC(=O)N(Cc2cccc(C(N)=O)c2)C1=O. The Morgan fingerprint density at radius 3 is 2.85 bits per heavy atom. The molecule has 0 radical (unpaired) electrons. The van der Waals surface area contributed by atoms with Crippen molar-refractivity contribution in [3.8, 4) is 0 Å². The van der Waals surface area contributed by atoms with Crippen molar-refractivity contribution in [3.63, 3.8) is 0 Å². The zero-order valence-corrected chi connectivity index (χ0v) is 11.3. The van der Waals surface area contributed by atoms with E-state index in [1.54, 1.807) is 24.3 Å². The molecule has 1 aromatic carbocycles. The van der Waals surface area contributed by atoms with E-state index in [0.717, 1.165) is 0 Å². The minimum absolute atomic E-state index is 0.153. The predicted octanol–water partition coefficient (Wildman–Crippen LogP) is 0.0225. The highest BCUT2D eigenvalue weighted by Crippen LogP contribution is 2.13. The van der Waals surface area contributed by atoms with E-state index in [4.69, 9.17) is 5.73 Å². The van der Waals surface area contributed by atoms with Crippen molar-refractivity contribution in [3.05, 3.63) is 35.4 Å². The van der Waals surface area contributed by atoms with E-state index in [9.17, 15) is 14.4 Å². The Bertz CT molecular complexity index is 556. The molecule has 0 saturated carbocycles. The van der Waals surface area contributed by atoms with Crippen LogP contribution >= 0.6 is 0 Å². The van der Waals surface area contributed by atoms with Crippen LogP contribution in [0.15, 0.2) is 24.3 Å². The van der Waals surface area contributed by atoms with Gasteiger partial charge < -0.3 is 5.73 Å². The zero-order valence-electron chi connectivity index (χ0n) is 11.3. The number of carbonyl (C=O) groups is 3. The number of benzene rings is 1. The minimum Gasteiger partial charge on any atom is -0.366 e. The molecule has 1 atom stereocenters. The highest BCUT2D eigenvalue weighted by Gasteiger charge is 2.32. The van der Waals surface area contributed by atoms with Crippen molar-refractivity contribution in [2.45, 2.75) is 25.9 Å². The first-order chi connectivity index (χ1) is 9.52. The third-order valence-corrected chi connectivity index (χ3v) is 3.33. The average molecular weight is 275 g/mol. The van der Waals surface area contributed by atoms with Crippen LogP contribution < -0.4 is 11.1 Å². The molecule has 20 heavy (non-hydrogen) atoms. The number of primary amides is 1. The van der Waals surface area contributed by atoms with Crippen molar-refractivity contribution in [2.75, 3.05) is 6.54 Å². The molecule has 1 aromatic rings. The van der Waals surface area contributed by atoms with Crippen LogP contribution in [-0.4, -0.2) is 35.2 Å². The molecule has 0 spiro atoms. The fourth-order valence-electron chi connectivity index (χ4n) is 2.19. The number of amides is 3. The third-order valence-electron chi connectivity index (χ3n) is 3.33. The van der Waals surface area contributed by atoms with Gasteiger partial charge in [-0.05, 0) is 24.1 Å². The summed E-state index contributed by atoms with van der Waals surface area (Å²) in [6.07, 6.45) is 0.629. The molecule has 1 saturated heterocycles. The van der Waals surface area contributed by atoms with E-state index in [2.05, 4.69) is 5.32 Å². The highest BCUT2D eigenvalue weighted by molar-refractivity contribution is 6.01. The highest BCUT2D eigenvalue weighted by atomic mass is 16.2. The topological polar surface area (TPSA) is 92.5 Å². The normalized spacial score (nSPS) is 19.2. The zero-order chi connectivity index (χ0) is 14.7. The van der Waals surface area contributed by atoms with Crippen LogP contribution in [0.1, 0.15) is 29.3 Å². The van der Waals surface area contributed by atoms with Gasteiger partial charge in [-0.1, -0.05) is 19.1 Å². The van der Waals surface area contributed by atoms with Crippen LogP contribution in [0, 0.1) is 0 Å². The Balaban J connectivity index is 2.19. The Morgan fingerprint density at radius 2 is 2.20 bits per heavy atom. The second kappa shape index (κ2) is 5.83. The lowest BCUT2D eigenvalue weighted by molar-refractivity contribution is -0.150. The van der Waals surface area contributed by atoms with Crippen molar-refractivity contribution in [1.82, 2.24) is 10.2 Å². The lowest BCUT2D eigenvalue weighted by Gasteiger charge is -2.31.